The number of guanidine groups is 1. The second-order valence-electron chi connectivity index (χ2n) is 6.27. The van der Waals surface area contributed by atoms with Crippen LogP contribution in [0.2, 0.25) is 0 Å². The highest BCUT2D eigenvalue weighted by Crippen LogP contribution is 2.13. The molecule has 5 nitrogen and oxygen atoms in total. The van der Waals surface area contributed by atoms with Crippen LogP contribution in [0.1, 0.15) is 49.0 Å². The quantitative estimate of drug-likeness (QED) is 0.662. The molecule has 2 rings (SSSR count). The second kappa shape index (κ2) is 8.56. The van der Waals surface area contributed by atoms with Crippen molar-refractivity contribution in [3.8, 4) is 0 Å². The number of carbonyl (C=O) groups excluding carboxylic acids is 1. The van der Waals surface area contributed by atoms with E-state index in [-0.39, 0.29) is 5.91 Å². The van der Waals surface area contributed by atoms with Crippen molar-refractivity contribution in [3.63, 3.8) is 0 Å². The fourth-order valence-corrected chi connectivity index (χ4v) is 2.70. The number of hydrogen-bond donors (Lipinski definition) is 2. The lowest BCUT2D eigenvalue weighted by Crippen LogP contribution is -2.40. The highest BCUT2D eigenvalue weighted by molar-refractivity contribution is 5.94. The lowest BCUT2D eigenvalue weighted by Gasteiger charge is -2.26. The van der Waals surface area contributed by atoms with Crippen molar-refractivity contribution in [1.82, 2.24) is 15.5 Å². The van der Waals surface area contributed by atoms with Gasteiger partial charge >= 0.3 is 0 Å². The molecule has 0 spiro atoms. The third-order valence-electron chi connectivity index (χ3n) is 3.95. The topological polar surface area (TPSA) is 56.7 Å². The normalized spacial score (nSPS) is 15.7. The molecule has 23 heavy (non-hydrogen) atoms. The van der Waals surface area contributed by atoms with Crippen molar-refractivity contribution in [1.29, 1.82) is 0 Å². The van der Waals surface area contributed by atoms with Crippen molar-refractivity contribution < 1.29 is 4.79 Å². The van der Waals surface area contributed by atoms with Crippen LogP contribution >= 0.6 is 0 Å². The van der Waals surface area contributed by atoms with E-state index in [2.05, 4.69) is 29.5 Å². The lowest BCUT2D eigenvalue weighted by molar-refractivity contribution is 0.0724. The third-order valence-corrected chi connectivity index (χ3v) is 3.95. The highest BCUT2D eigenvalue weighted by atomic mass is 16.2. The van der Waals surface area contributed by atoms with Crippen LogP contribution in [0.5, 0.6) is 0 Å². The molecule has 1 aliphatic rings. The highest BCUT2D eigenvalue weighted by Gasteiger charge is 2.17. The number of aliphatic imine (C=N–C) groups is 1. The van der Waals surface area contributed by atoms with Gasteiger partial charge in [0, 0.05) is 38.3 Å². The van der Waals surface area contributed by atoms with Gasteiger partial charge in [0.15, 0.2) is 5.96 Å². The SMILES string of the molecule is CN=C(NCc1ccc(C(=O)N2CCCCC2)cc1)NC(C)C. The Balaban J connectivity index is 1.90. The third kappa shape index (κ3) is 5.27. The zero-order valence-electron chi connectivity index (χ0n) is 14.4. The van der Waals surface area contributed by atoms with E-state index in [1.807, 2.05) is 29.2 Å². The number of nitrogens with one attached hydrogen (secondary N) is 2. The Morgan fingerprint density at radius 2 is 1.83 bits per heavy atom. The molecule has 126 valence electrons. The molecule has 0 aromatic heterocycles. The standard InChI is InChI=1S/C18H28N4O/c1-14(2)21-18(19-3)20-13-15-7-9-16(10-8-15)17(23)22-11-5-4-6-12-22/h7-10,14H,4-6,11-13H2,1-3H3,(H2,19,20,21). The number of amides is 1. The average molecular weight is 316 g/mol. The summed E-state index contributed by atoms with van der Waals surface area (Å²) < 4.78 is 0. The summed E-state index contributed by atoms with van der Waals surface area (Å²) in [7, 11) is 1.76. The van der Waals surface area contributed by atoms with E-state index in [0.717, 1.165) is 43.0 Å². The van der Waals surface area contributed by atoms with Gasteiger partial charge in [-0.05, 0) is 50.8 Å². The maximum absolute atomic E-state index is 12.4. The molecule has 0 aliphatic carbocycles. The zero-order valence-corrected chi connectivity index (χ0v) is 14.4. The Hall–Kier alpha value is -2.04. The lowest BCUT2D eigenvalue weighted by atomic mass is 10.1. The Labute approximate surface area is 139 Å². The molecule has 1 fully saturated rings. The smallest absolute Gasteiger partial charge is 0.253 e. The number of piperidine rings is 1. The van der Waals surface area contributed by atoms with Crippen molar-refractivity contribution in [2.45, 2.75) is 45.7 Å². The molecule has 1 aromatic carbocycles. The van der Waals surface area contributed by atoms with Gasteiger partial charge in [0.2, 0.25) is 0 Å². The van der Waals surface area contributed by atoms with Crippen LogP contribution in [-0.2, 0) is 6.54 Å². The van der Waals surface area contributed by atoms with Gasteiger partial charge in [-0.1, -0.05) is 12.1 Å². The summed E-state index contributed by atoms with van der Waals surface area (Å²) in [6.45, 7) is 6.62. The van der Waals surface area contributed by atoms with Gasteiger partial charge in [-0.3, -0.25) is 9.79 Å². The molecule has 1 saturated heterocycles. The summed E-state index contributed by atoms with van der Waals surface area (Å²) >= 11 is 0. The van der Waals surface area contributed by atoms with Crippen molar-refractivity contribution in [3.05, 3.63) is 35.4 Å². The fraction of sp³-hybridized carbons (Fsp3) is 0.556. The van der Waals surface area contributed by atoms with Gasteiger partial charge in [-0.25, -0.2) is 0 Å². The van der Waals surface area contributed by atoms with E-state index in [1.54, 1.807) is 7.05 Å². The summed E-state index contributed by atoms with van der Waals surface area (Å²) in [5, 5.41) is 6.52. The summed E-state index contributed by atoms with van der Waals surface area (Å²) in [4.78, 5) is 18.6. The molecular formula is C18H28N4O. The van der Waals surface area contributed by atoms with Crippen molar-refractivity contribution >= 4 is 11.9 Å². The molecule has 1 aromatic rings. The van der Waals surface area contributed by atoms with Gasteiger partial charge in [0.25, 0.3) is 5.91 Å². The molecule has 5 heteroatoms. The molecule has 0 atom stereocenters. The number of likely N-dealkylation sites (tertiary alicyclic amines) is 1. The van der Waals surface area contributed by atoms with Crippen LogP contribution in [0.3, 0.4) is 0 Å². The molecule has 1 heterocycles. The monoisotopic (exact) mass is 316 g/mol. The Bertz CT molecular complexity index is 530. The van der Waals surface area contributed by atoms with Gasteiger partial charge in [-0.15, -0.1) is 0 Å². The van der Waals surface area contributed by atoms with E-state index in [0.29, 0.717) is 12.6 Å². The molecule has 0 bridgehead atoms. The van der Waals surface area contributed by atoms with Crippen molar-refractivity contribution in [2.24, 2.45) is 4.99 Å². The molecule has 2 N–H and O–H groups in total. The first-order valence-electron chi connectivity index (χ1n) is 8.45. The second-order valence-corrected chi connectivity index (χ2v) is 6.27. The van der Waals surface area contributed by atoms with Crippen LogP contribution in [0.15, 0.2) is 29.3 Å². The Morgan fingerprint density at radius 1 is 1.17 bits per heavy atom. The largest absolute Gasteiger partial charge is 0.354 e. The molecule has 0 saturated carbocycles. The minimum atomic E-state index is 0.154. The van der Waals surface area contributed by atoms with E-state index in [1.165, 1.54) is 6.42 Å². The number of carbonyl (C=O) groups is 1. The summed E-state index contributed by atoms with van der Waals surface area (Å²) in [6.07, 6.45) is 3.48. The van der Waals surface area contributed by atoms with Crippen LogP contribution in [-0.4, -0.2) is 42.9 Å². The van der Waals surface area contributed by atoms with E-state index >= 15 is 0 Å². The summed E-state index contributed by atoms with van der Waals surface area (Å²) in [5.41, 5.74) is 1.91. The molecule has 1 amide bonds. The first-order chi connectivity index (χ1) is 11.1. The van der Waals surface area contributed by atoms with Crippen LogP contribution in [0.25, 0.3) is 0 Å². The maximum atomic E-state index is 12.4. The number of hydrogen-bond acceptors (Lipinski definition) is 2. The molecule has 0 unspecified atom stereocenters. The van der Waals surface area contributed by atoms with Gasteiger partial charge in [-0.2, -0.15) is 0 Å². The first-order valence-corrected chi connectivity index (χ1v) is 8.45. The first kappa shape index (κ1) is 17.3. The Morgan fingerprint density at radius 3 is 2.39 bits per heavy atom. The minimum Gasteiger partial charge on any atom is -0.354 e. The van der Waals surface area contributed by atoms with Gasteiger partial charge in [0.05, 0.1) is 0 Å². The van der Waals surface area contributed by atoms with Crippen LogP contribution in [0.4, 0.5) is 0 Å². The summed E-state index contributed by atoms with van der Waals surface area (Å²) in [5.74, 6) is 0.940. The summed E-state index contributed by atoms with van der Waals surface area (Å²) in [6, 6.07) is 8.20. The Kier molecular flexibility index (Phi) is 6.44. The number of nitrogens with zero attached hydrogens (tertiary/aromatic N) is 2. The number of benzene rings is 1. The van der Waals surface area contributed by atoms with E-state index in [4.69, 9.17) is 0 Å². The molecule has 0 radical (unpaired) electrons. The van der Waals surface area contributed by atoms with Gasteiger partial charge < -0.3 is 15.5 Å². The van der Waals surface area contributed by atoms with Gasteiger partial charge in [0.1, 0.15) is 0 Å². The zero-order chi connectivity index (χ0) is 16.7. The average Bonchev–Trinajstić information content (AvgIpc) is 2.59. The van der Waals surface area contributed by atoms with Crippen LogP contribution < -0.4 is 10.6 Å². The predicted octanol–water partition coefficient (Wildman–Crippen LogP) is 2.39. The number of rotatable bonds is 4. The maximum Gasteiger partial charge on any atom is 0.253 e. The van der Waals surface area contributed by atoms with E-state index in [9.17, 15) is 4.79 Å². The fourth-order valence-electron chi connectivity index (χ4n) is 2.70. The van der Waals surface area contributed by atoms with E-state index < -0.39 is 0 Å². The minimum absolute atomic E-state index is 0.154. The molecular weight excluding hydrogens is 288 g/mol. The van der Waals surface area contributed by atoms with Crippen LogP contribution in [0, 0.1) is 0 Å². The predicted molar refractivity (Wildman–Crippen MR) is 94.7 cm³/mol. The molecule has 1 aliphatic heterocycles. The van der Waals surface area contributed by atoms with Crippen molar-refractivity contribution in [2.75, 3.05) is 20.1 Å².